The summed E-state index contributed by atoms with van der Waals surface area (Å²) in [6.07, 6.45) is 3.29. The van der Waals surface area contributed by atoms with Crippen LogP contribution in [0, 0.1) is 6.92 Å². The minimum Gasteiger partial charge on any atom is -0.322 e. The third kappa shape index (κ3) is 4.22. The zero-order chi connectivity index (χ0) is 16.1. The predicted molar refractivity (Wildman–Crippen MR) is 94.4 cm³/mol. The van der Waals surface area contributed by atoms with Crippen LogP contribution in [0.2, 0.25) is 5.02 Å². The topological polar surface area (TPSA) is 29.1 Å². The lowest BCUT2D eigenvalue weighted by molar-refractivity contribution is -0.111. The SMILES string of the molecule is Cc1cccc(C(C)C)c1NC(=O)/C=C/c1cccc(Cl)c1. The third-order valence-electron chi connectivity index (χ3n) is 3.45. The molecule has 1 N–H and O–H groups in total. The van der Waals surface area contributed by atoms with Crippen molar-refractivity contribution in [3.05, 3.63) is 70.3 Å². The van der Waals surface area contributed by atoms with Gasteiger partial charge in [0, 0.05) is 16.8 Å². The van der Waals surface area contributed by atoms with E-state index in [9.17, 15) is 4.79 Å². The van der Waals surface area contributed by atoms with Gasteiger partial charge in [-0.05, 0) is 47.7 Å². The minimum atomic E-state index is -0.142. The molecular weight excluding hydrogens is 294 g/mol. The van der Waals surface area contributed by atoms with Crippen molar-refractivity contribution in [3.8, 4) is 0 Å². The van der Waals surface area contributed by atoms with Crippen molar-refractivity contribution < 1.29 is 4.79 Å². The first-order valence-corrected chi connectivity index (χ1v) is 7.69. The number of hydrogen-bond acceptors (Lipinski definition) is 1. The summed E-state index contributed by atoms with van der Waals surface area (Å²) in [5.74, 6) is 0.211. The molecule has 0 radical (unpaired) electrons. The number of halogens is 1. The molecule has 0 aliphatic heterocycles. The Morgan fingerprint density at radius 3 is 2.59 bits per heavy atom. The van der Waals surface area contributed by atoms with E-state index < -0.39 is 0 Å². The van der Waals surface area contributed by atoms with Gasteiger partial charge in [0.05, 0.1) is 0 Å². The predicted octanol–water partition coefficient (Wildman–Crippen LogP) is 5.42. The maximum absolute atomic E-state index is 12.2. The Labute approximate surface area is 136 Å². The van der Waals surface area contributed by atoms with Crippen molar-refractivity contribution in [2.45, 2.75) is 26.7 Å². The van der Waals surface area contributed by atoms with Crippen LogP contribution < -0.4 is 5.32 Å². The monoisotopic (exact) mass is 313 g/mol. The first-order chi connectivity index (χ1) is 10.5. The summed E-state index contributed by atoms with van der Waals surface area (Å²) in [5, 5.41) is 3.64. The number of benzene rings is 2. The Bertz CT molecular complexity index is 704. The van der Waals surface area contributed by atoms with Crippen LogP contribution in [0.3, 0.4) is 0 Å². The van der Waals surface area contributed by atoms with E-state index in [-0.39, 0.29) is 5.91 Å². The number of hydrogen-bond donors (Lipinski definition) is 1. The van der Waals surface area contributed by atoms with E-state index >= 15 is 0 Å². The number of carbonyl (C=O) groups excluding carboxylic acids is 1. The Morgan fingerprint density at radius 2 is 1.91 bits per heavy atom. The number of aryl methyl sites for hydroxylation is 1. The lowest BCUT2D eigenvalue weighted by atomic mass is 9.98. The van der Waals surface area contributed by atoms with Crippen LogP contribution in [0.15, 0.2) is 48.5 Å². The maximum Gasteiger partial charge on any atom is 0.248 e. The van der Waals surface area contributed by atoms with E-state index in [0.717, 1.165) is 22.4 Å². The van der Waals surface area contributed by atoms with Crippen LogP contribution in [-0.2, 0) is 4.79 Å². The molecule has 0 aromatic heterocycles. The highest BCUT2D eigenvalue weighted by molar-refractivity contribution is 6.30. The van der Waals surface area contributed by atoms with E-state index in [1.54, 1.807) is 12.1 Å². The molecule has 0 aliphatic carbocycles. The smallest absolute Gasteiger partial charge is 0.248 e. The molecule has 0 unspecified atom stereocenters. The number of amides is 1. The fourth-order valence-corrected chi connectivity index (χ4v) is 2.49. The standard InChI is InChI=1S/C19H20ClNO/c1-13(2)17-9-4-6-14(3)19(17)21-18(22)11-10-15-7-5-8-16(20)12-15/h4-13H,1-3H3,(H,21,22)/b11-10+. The molecule has 2 aromatic carbocycles. The van der Waals surface area contributed by atoms with Gasteiger partial charge in [0.25, 0.3) is 0 Å². The fraction of sp³-hybridized carbons (Fsp3) is 0.211. The highest BCUT2D eigenvalue weighted by atomic mass is 35.5. The van der Waals surface area contributed by atoms with Crippen molar-refractivity contribution in [2.24, 2.45) is 0 Å². The van der Waals surface area contributed by atoms with Crippen molar-refractivity contribution in [2.75, 3.05) is 5.32 Å². The van der Waals surface area contributed by atoms with E-state index in [2.05, 4.69) is 19.2 Å². The highest BCUT2D eigenvalue weighted by Crippen LogP contribution is 2.27. The first kappa shape index (κ1) is 16.3. The number of nitrogens with one attached hydrogen (secondary N) is 1. The van der Waals surface area contributed by atoms with Gasteiger partial charge in [-0.2, -0.15) is 0 Å². The Kier molecular flexibility index (Phi) is 5.40. The quantitative estimate of drug-likeness (QED) is 0.750. The van der Waals surface area contributed by atoms with Gasteiger partial charge in [-0.1, -0.05) is 55.8 Å². The molecule has 2 aromatic rings. The van der Waals surface area contributed by atoms with E-state index in [0.29, 0.717) is 10.9 Å². The van der Waals surface area contributed by atoms with E-state index in [1.807, 2.05) is 43.3 Å². The van der Waals surface area contributed by atoms with Crippen LogP contribution in [0.5, 0.6) is 0 Å². The van der Waals surface area contributed by atoms with Crippen molar-refractivity contribution in [1.82, 2.24) is 0 Å². The van der Waals surface area contributed by atoms with Gasteiger partial charge < -0.3 is 5.32 Å². The van der Waals surface area contributed by atoms with Crippen molar-refractivity contribution in [3.63, 3.8) is 0 Å². The molecule has 1 amide bonds. The van der Waals surface area contributed by atoms with Crippen LogP contribution in [-0.4, -0.2) is 5.91 Å². The minimum absolute atomic E-state index is 0.142. The van der Waals surface area contributed by atoms with Crippen LogP contribution in [0.4, 0.5) is 5.69 Å². The second kappa shape index (κ2) is 7.28. The maximum atomic E-state index is 12.2. The van der Waals surface area contributed by atoms with Gasteiger partial charge in [-0.15, -0.1) is 0 Å². The molecule has 0 aliphatic rings. The molecule has 0 heterocycles. The molecule has 2 rings (SSSR count). The largest absolute Gasteiger partial charge is 0.322 e. The second-order valence-corrected chi connectivity index (χ2v) is 6.01. The molecule has 22 heavy (non-hydrogen) atoms. The zero-order valence-corrected chi connectivity index (χ0v) is 13.8. The number of anilines is 1. The Morgan fingerprint density at radius 1 is 1.18 bits per heavy atom. The average Bonchev–Trinajstić information content (AvgIpc) is 2.47. The third-order valence-corrected chi connectivity index (χ3v) is 3.69. The van der Waals surface area contributed by atoms with E-state index in [1.165, 1.54) is 6.08 Å². The van der Waals surface area contributed by atoms with Crippen LogP contribution in [0.25, 0.3) is 6.08 Å². The summed E-state index contributed by atoms with van der Waals surface area (Å²) in [5.41, 5.74) is 4.01. The zero-order valence-electron chi connectivity index (χ0n) is 13.1. The summed E-state index contributed by atoms with van der Waals surface area (Å²) >= 11 is 5.93. The van der Waals surface area contributed by atoms with Gasteiger partial charge in [-0.25, -0.2) is 0 Å². The van der Waals surface area contributed by atoms with Gasteiger partial charge in [0.15, 0.2) is 0 Å². The van der Waals surface area contributed by atoms with Crippen LogP contribution in [0.1, 0.15) is 36.5 Å². The highest BCUT2D eigenvalue weighted by Gasteiger charge is 2.10. The normalized spacial score (nSPS) is 11.1. The molecule has 0 fully saturated rings. The second-order valence-electron chi connectivity index (χ2n) is 5.57. The first-order valence-electron chi connectivity index (χ1n) is 7.31. The summed E-state index contributed by atoms with van der Waals surface area (Å²) < 4.78 is 0. The molecule has 0 spiro atoms. The van der Waals surface area contributed by atoms with Gasteiger partial charge in [0.1, 0.15) is 0 Å². The number of rotatable bonds is 4. The summed E-state index contributed by atoms with van der Waals surface area (Å²) in [4.78, 5) is 12.2. The van der Waals surface area contributed by atoms with Crippen LogP contribution >= 0.6 is 11.6 Å². The summed E-state index contributed by atoms with van der Waals surface area (Å²) in [7, 11) is 0. The molecule has 0 bridgehead atoms. The van der Waals surface area contributed by atoms with Crippen molar-refractivity contribution in [1.29, 1.82) is 0 Å². The van der Waals surface area contributed by atoms with Crippen molar-refractivity contribution >= 4 is 29.3 Å². The number of carbonyl (C=O) groups is 1. The lowest BCUT2D eigenvalue weighted by Crippen LogP contribution is -2.11. The molecule has 0 atom stereocenters. The Hall–Kier alpha value is -2.06. The molecule has 0 saturated heterocycles. The number of para-hydroxylation sites is 1. The van der Waals surface area contributed by atoms with Gasteiger partial charge in [0.2, 0.25) is 5.91 Å². The molecule has 3 heteroatoms. The average molecular weight is 314 g/mol. The molecular formula is C19H20ClNO. The fourth-order valence-electron chi connectivity index (χ4n) is 2.29. The lowest BCUT2D eigenvalue weighted by Gasteiger charge is -2.15. The molecule has 0 saturated carbocycles. The van der Waals surface area contributed by atoms with E-state index in [4.69, 9.17) is 11.6 Å². The van der Waals surface area contributed by atoms with Gasteiger partial charge >= 0.3 is 0 Å². The Balaban J connectivity index is 2.16. The molecule has 2 nitrogen and oxygen atoms in total. The van der Waals surface area contributed by atoms with Gasteiger partial charge in [-0.3, -0.25) is 4.79 Å². The molecule has 114 valence electrons. The summed E-state index contributed by atoms with van der Waals surface area (Å²) in [6, 6.07) is 13.5. The summed E-state index contributed by atoms with van der Waals surface area (Å²) in [6.45, 7) is 6.24.